The van der Waals surface area contributed by atoms with Crippen LogP contribution < -0.4 is 0 Å². The Kier molecular flexibility index (Phi) is 6.19. The molecule has 2 aliphatic rings. The number of carboxylic acids is 1. The zero-order chi connectivity index (χ0) is 20.6. The van der Waals surface area contributed by atoms with Crippen molar-refractivity contribution < 1.29 is 23.1 Å². The largest absolute Gasteiger partial charge is 0.481 e. The number of amides is 1. The van der Waals surface area contributed by atoms with Gasteiger partial charge in [-0.2, -0.15) is 4.31 Å². The molecule has 10 heteroatoms. The molecule has 28 heavy (non-hydrogen) atoms. The molecule has 1 amide bonds. The van der Waals surface area contributed by atoms with Gasteiger partial charge in [-0.1, -0.05) is 22.7 Å². The molecule has 2 heterocycles. The summed E-state index contributed by atoms with van der Waals surface area (Å²) in [5.74, 6) is -2.48. The predicted molar refractivity (Wildman–Crippen MR) is 107 cm³/mol. The molecule has 1 fully saturated rings. The second-order valence-corrected chi connectivity index (χ2v) is 11.2. The minimum atomic E-state index is -3.63. The average Bonchev–Trinajstić information content (AvgIpc) is 3.10. The molecule has 0 bridgehead atoms. The number of aliphatic carboxylic acids is 1. The molecule has 0 unspecified atom stereocenters. The fourth-order valence-corrected chi connectivity index (χ4v) is 6.82. The van der Waals surface area contributed by atoms with Crippen molar-refractivity contribution in [2.75, 3.05) is 26.2 Å². The van der Waals surface area contributed by atoms with Crippen molar-refractivity contribution in [1.29, 1.82) is 0 Å². The Morgan fingerprint density at radius 3 is 2.14 bits per heavy atom. The third-order valence-corrected chi connectivity index (χ3v) is 9.19. The highest BCUT2D eigenvalue weighted by molar-refractivity contribution is 7.91. The minimum absolute atomic E-state index is 0.182. The first-order valence-electron chi connectivity index (χ1n) is 9.03. The van der Waals surface area contributed by atoms with Gasteiger partial charge in [0.25, 0.3) is 10.0 Å². The molecule has 0 aromatic carbocycles. The third-order valence-electron chi connectivity index (χ3n) is 5.59. The number of rotatable bonds is 4. The highest BCUT2D eigenvalue weighted by atomic mass is 35.5. The van der Waals surface area contributed by atoms with Crippen LogP contribution in [0.5, 0.6) is 0 Å². The van der Waals surface area contributed by atoms with E-state index in [0.29, 0.717) is 17.2 Å². The van der Waals surface area contributed by atoms with E-state index in [0.717, 1.165) is 22.5 Å². The van der Waals surface area contributed by atoms with Gasteiger partial charge in [-0.25, -0.2) is 8.42 Å². The number of thiophene rings is 1. The van der Waals surface area contributed by atoms with Crippen LogP contribution in [0.4, 0.5) is 0 Å². The van der Waals surface area contributed by atoms with E-state index >= 15 is 0 Å². The van der Waals surface area contributed by atoms with Crippen molar-refractivity contribution in [3.05, 3.63) is 27.6 Å². The van der Waals surface area contributed by atoms with E-state index in [1.54, 1.807) is 11.0 Å². The van der Waals surface area contributed by atoms with Gasteiger partial charge in [-0.3, -0.25) is 9.59 Å². The second kappa shape index (κ2) is 8.14. The summed E-state index contributed by atoms with van der Waals surface area (Å²) in [5, 5.41) is 9.55. The molecule has 1 N–H and O–H groups in total. The number of nitrogens with zero attached hydrogens (tertiary/aromatic N) is 2. The van der Waals surface area contributed by atoms with Crippen LogP contribution in [0.25, 0.3) is 0 Å². The van der Waals surface area contributed by atoms with Gasteiger partial charge in [-0.05, 0) is 38.8 Å². The van der Waals surface area contributed by atoms with Crippen molar-refractivity contribution in [2.24, 2.45) is 11.8 Å². The van der Waals surface area contributed by atoms with Crippen molar-refractivity contribution >= 4 is 44.8 Å². The van der Waals surface area contributed by atoms with E-state index in [1.165, 1.54) is 10.4 Å². The van der Waals surface area contributed by atoms with Gasteiger partial charge >= 0.3 is 5.97 Å². The molecule has 0 radical (unpaired) electrons. The van der Waals surface area contributed by atoms with Crippen molar-refractivity contribution in [2.45, 2.75) is 30.9 Å². The Hall–Kier alpha value is -1.42. The standard InChI is InChI=1S/C18H23ClN2O5S2/c1-11-9-13(14(18(23)24)10-12(11)2)17(22)20-5-7-21(8-6-20)28(25,26)16-4-3-15(19)27-16/h3-4,13-14H,5-10H2,1-2H3,(H,23,24)/t13-,14-/m0/s1. The quantitative estimate of drug-likeness (QED) is 0.717. The molecule has 1 aromatic heterocycles. The lowest BCUT2D eigenvalue weighted by atomic mass is 9.76. The van der Waals surface area contributed by atoms with Crippen LogP contribution in [0.15, 0.2) is 27.5 Å². The molecule has 1 aromatic rings. The average molecular weight is 447 g/mol. The lowest BCUT2D eigenvalue weighted by molar-refractivity contribution is -0.151. The molecule has 154 valence electrons. The van der Waals surface area contributed by atoms with Gasteiger partial charge in [0, 0.05) is 26.2 Å². The zero-order valence-electron chi connectivity index (χ0n) is 15.7. The van der Waals surface area contributed by atoms with Gasteiger partial charge in [0.05, 0.1) is 16.2 Å². The van der Waals surface area contributed by atoms with Crippen molar-refractivity contribution in [3.63, 3.8) is 0 Å². The molecular formula is C18H23ClN2O5S2. The van der Waals surface area contributed by atoms with E-state index in [2.05, 4.69) is 0 Å². The Balaban J connectivity index is 1.69. The summed E-state index contributed by atoms with van der Waals surface area (Å²) in [6, 6.07) is 3.03. The minimum Gasteiger partial charge on any atom is -0.481 e. The van der Waals surface area contributed by atoms with Crippen LogP contribution in [-0.2, 0) is 19.6 Å². The predicted octanol–water partition coefficient (Wildman–Crippen LogP) is 2.68. The summed E-state index contributed by atoms with van der Waals surface area (Å²) in [5.41, 5.74) is 2.09. The maximum Gasteiger partial charge on any atom is 0.307 e. The van der Waals surface area contributed by atoms with Gasteiger partial charge in [0.15, 0.2) is 0 Å². The van der Waals surface area contributed by atoms with Crippen LogP contribution in [0.1, 0.15) is 26.7 Å². The lowest BCUT2D eigenvalue weighted by Crippen LogP contribution is -2.53. The Morgan fingerprint density at radius 2 is 1.64 bits per heavy atom. The molecule has 1 aliphatic heterocycles. The SMILES string of the molecule is CC1=C(C)C[C@H](C(=O)N2CCN(S(=O)(=O)c3ccc(Cl)s3)CC2)[C@@H](C(=O)O)C1. The molecule has 7 nitrogen and oxygen atoms in total. The van der Waals surface area contributed by atoms with Gasteiger partial charge < -0.3 is 10.0 Å². The number of allylic oxidation sites excluding steroid dienone is 2. The first kappa shape index (κ1) is 21.3. The molecule has 1 saturated heterocycles. The fraction of sp³-hybridized carbons (Fsp3) is 0.556. The lowest BCUT2D eigenvalue weighted by Gasteiger charge is -2.38. The monoisotopic (exact) mass is 446 g/mol. The summed E-state index contributed by atoms with van der Waals surface area (Å²) in [6.07, 6.45) is 0.818. The molecule has 1 aliphatic carbocycles. The molecule has 0 spiro atoms. The highest BCUT2D eigenvalue weighted by Crippen LogP contribution is 2.36. The molecular weight excluding hydrogens is 424 g/mol. The maximum absolute atomic E-state index is 13.0. The van der Waals surface area contributed by atoms with Gasteiger partial charge in [0.1, 0.15) is 4.21 Å². The number of halogens is 1. The van der Waals surface area contributed by atoms with E-state index < -0.39 is 27.8 Å². The summed E-state index contributed by atoms with van der Waals surface area (Å²) >= 11 is 6.86. The molecule has 2 atom stereocenters. The number of carboxylic acid groups (broad SMARTS) is 1. The topological polar surface area (TPSA) is 95.0 Å². The summed E-state index contributed by atoms with van der Waals surface area (Å²) in [6.45, 7) is 4.71. The van der Waals surface area contributed by atoms with Crippen LogP contribution in [-0.4, -0.2) is 60.8 Å². The highest BCUT2D eigenvalue weighted by Gasteiger charge is 2.40. The zero-order valence-corrected chi connectivity index (χ0v) is 18.1. The Morgan fingerprint density at radius 1 is 1.07 bits per heavy atom. The van der Waals surface area contributed by atoms with E-state index in [-0.39, 0.29) is 36.3 Å². The van der Waals surface area contributed by atoms with Crippen molar-refractivity contribution in [1.82, 2.24) is 9.21 Å². The van der Waals surface area contributed by atoms with Gasteiger partial charge in [0.2, 0.25) is 5.91 Å². The first-order valence-corrected chi connectivity index (χ1v) is 11.7. The Labute approximate surface area is 173 Å². The first-order chi connectivity index (χ1) is 13.1. The number of carbonyl (C=O) groups is 2. The van der Waals surface area contributed by atoms with E-state index in [4.69, 9.17) is 11.6 Å². The smallest absolute Gasteiger partial charge is 0.307 e. The van der Waals surface area contributed by atoms with E-state index in [9.17, 15) is 23.1 Å². The molecule has 3 rings (SSSR count). The number of piperazine rings is 1. The van der Waals surface area contributed by atoms with Crippen LogP contribution in [0, 0.1) is 11.8 Å². The second-order valence-electron chi connectivity index (χ2n) is 7.31. The summed E-state index contributed by atoms with van der Waals surface area (Å²) in [4.78, 5) is 26.3. The van der Waals surface area contributed by atoms with Crippen molar-refractivity contribution in [3.8, 4) is 0 Å². The van der Waals surface area contributed by atoms with Gasteiger partial charge in [-0.15, -0.1) is 11.3 Å². The summed E-state index contributed by atoms with van der Waals surface area (Å²) < 4.78 is 27.3. The number of hydrogen-bond donors (Lipinski definition) is 1. The van der Waals surface area contributed by atoms with Crippen LogP contribution in [0.2, 0.25) is 4.34 Å². The summed E-state index contributed by atoms with van der Waals surface area (Å²) in [7, 11) is -3.63. The van der Waals surface area contributed by atoms with Crippen LogP contribution in [0.3, 0.4) is 0 Å². The number of hydrogen-bond acceptors (Lipinski definition) is 5. The van der Waals surface area contributed by atoms with Crippen LogP contribution >= 0.6 is 22.9 Å². The number of carbonyl (C=O) groups excluding carboxylic acids is 1. The third kappa shape index (κ3) is 4.12. The normalized spacial score (nSPS) is 24.5. The molecule has 0 saturated carbocycles. The maximum atomic E-state index is 13.0. The fourth-order valence-electron chi connectivity index (χ4n) is 3.76. The van der Waals surface area contributed by atoms with E-state index in [1.807, 2.05) is 13.8 Å². The number of sulfonamides is 1. The Bertz CT molecular complexity index is 916.